The molecule has 0 fully saturated rings. The molecule has 3 rings (SSSR count). The van der Waals surface area contributed by atoms with E-state index < -0.39 is 0 Å². The predicted octanol–water partition coefficient (Wildman–Crippen LogP) is 3.32. The maximum Gasteiger partial charge on any atom is 0.244 e. The minimum atomic E-state index is -0.282. The van der Waals surface area contributed by atoms with E-state index in [9.17, 15) is 4.79 Å². The maximum absolute atomic E-state index is 11.6. The molecule has 0 bridgehead atoms. The topological polar surface area (TPSA) is 95.1 Å². The lowest BCUT2D eigenvalue weighted by molar-refractivity contribution is -0.118. The number of nitrogens with two attached hydrogens (primary N) is 1. The number of hydrogen-bond acceptors (Lipinski definition) is 6. The van der Waals surface area contributed by atoms with E-state index in [-0.39, 0.29) is 17.1 Å². The summed E-state index contributed by atoms with van der Waals surface area (Å²) in [6, 6.07) is 15.9. The number of benzene rings is 2. The number of hydrogen-bond donors (Lipinski definition) is 2. The molecule has 7 nitrogen and oxygen atoms in total. The van der Waals surface area contributed by atoms with Crippen molar-refractivity contribution >= 4 is 17.7 Å². The van der Waals surface area contributed by atoms with Gasteiger partial charge in [0.2, 0.25) is 5.91 Å². The molecule has 1 amide bonds. The van der Waals surface area contributed by atoms with Crippen molar-refractivity contribution < 1.29 is 9.53 Å². The first kappa shape index (κ1) is 20.9. The van der Waals surface area contributed by atoms with Gasteiger partial charge in [0, 0.05) is 11.3 Å². The Labute approximate surface area is 174 Å². The Morgan fingerprint density at radius 2 is 1.76 bits per heavy atom. The number of rotatable bonds is 6. The van der Waals surface area contributed by atoms with Gasteiger partial charge in [-0.25, -0.2) is 5.84 Å². The quantitative estimate of drug-likeness (QED) is 0.280. The number of methoxy groups -OCH3 is 1. The molecule has 0 aliphatic heterocycles. The highest BCUT2D eigenvalue weighted by atomic mass is 32.2. The van der Waals surface area contributed by atoms with E-state index in [1.807, 2.05) is 41.0 Å². The van der Waals surface area contributed by atoms with Gasteiger partial charge >= 0.3 is 0 Å². The van der Waals surface area contributed by atoms with Crippen LogP contribution in [0.2, 0.25) is 0 Å². The van der Waals surface area contributed by atoms with Crippen LogP contribution in [-0.4, -0.2) is 33.5 Å². The molecule has 0 spiro atoms. The van der Waals surface area contributed by atoms with Crippen LogP contribution in [-0.2, 0) is 10.2 Å². The predicted molar refractivity (Wildman–Crippen MR) is 115 cm³/mol. The largest absolute Gasteiger partial charge is 0.497 e. The first-order valence-corrected chi connectivity index (χ1v) is 10.1. The second-order valence-corrected chi connectivity index (χ2v) is 8.47. The van der Waals surface area contributed by atoms with Crippen molar-refractivity contribution in [2.75, 3.05) is 12.9 Å². The Bertz CT molecular complexity index is 976. The summed E-state index contributed by atoms with van der Waals surface area (Å²) in [6.07, 6.45) is 0. The molecule has 0 unspecified atom stereocenters. The summed E-state index contributed by atoms with van der Waals surface area (Å²) in [6.45, 7) is 6.54. The first-order valence-electron chi connectivity index (χ1n) is 9.16. The minimum Gasteiger partial charge on any atom is -0.497 e. The van der Waals surface area contributed by atoms with Crippen LogP contribution in [0.3, 0.4) is 0 Å². The summed E-state index contributed by atoms with van der Waals surface area (Å²) in [5.41, 5.74) is 5.26. The van der Waals surface area contributed by atoms with Gasteiger partial charge in [-0.15, -0.1) is 10.2 Å². The fraction of sp³-hybridized carbons (Fsp3) is 0.286. The Morgan fingerprint density at radius 3 is 2.31 bits per heavy atom. The SMILES string of the molecule is COc1ccc(-n2c(SCC(=O)NN)nnc2-c2ccc(C(C)(C)C)cc2)cc1. The fourth-order valence-electron chi connectivity index (χ4n) is 2.81. The van der Waals surface area contributed by atoms with Gasteiger partial charge in [-0.2, -0.15) is 0 Å². The van der Waals surface area contributed by atoms with Gasteiger partial charge in [-0.1, -0.05) is 56.8 Å². The molecule has 0 aliphatic carbocycles. The van der Waals surface area contributed by atoms with Crippen LogP contribution in [0.5, 0.6) is 5.75 Å². The van der Waals surface area contributed by atoms with E-state index in [1.165, 1.54) is 17.3 Å². The highest BCUT2D eigenvalue weighted by Crippen LogP contribution is 2.30. The zero-order chi connectivity index (χ0) is 21.0. The maximum atomic E-state index is 11.6. The zero-order valence-electron chi connectivity index (χ0n) is 17.0. The third-order valence-electron chi connectivity index (χ3n) is 4.47. The standard InChI is InChI=1S/C21H25N5O2S/c1-21(2,3)15-7-5-14(6-8-15)19-24-25-20(29-13-18(27)23-22)26(19)16-9-11-17(28-4)12-10-16/h5-12H,13,22H2,1-4H3,(H,23,27). The molecule has 152 valence electrons. The van der Waals surface area contributed by atoms with Gasteiger partial charge in [0.05, 0.1) is 12.9 Å². The lowest BCUT2D eigenvalue weighted by Crippen LogP contribution is -2.31. The molecule has 3 aromatic rings. The number of thioether (sulfide) groups is 1. The summed E-state index contributed by atoms with van der Waals surface area (Å²) < 4.78 is 7.19. The van der Waals surface area contributed by atoms with Crippen molar-refractivity contribution in [2.24, 2.45) is 5.84 Å². The minimum absolute atomic E-state index is 0.0682. The van der Waals surface area contributed by atoms with Crippen LogP contribution >= 0.6 is 11.8 Å². The van der Waals surface area contributed by atoms with E-state index in [0.29, 0.717) is 11.0 Å². The van der Waals surface area contributed by atoms with Crippen LogP contribution in [0.25, 0.3) is 17.1 Å². The molecule has 2 aromatic carbocycles. The summed E-state index contributed by atoms with van der Waals surface area (Å²) in [5.74, 6) is 6.52. The molecule has 0 saturated heterocycles. The summed E-state index contributed by atoms with van der Waals surface area (Å²) in [5, 5.41) is 9.32. The van der Waals surface area contributed by atoms with E-state index in [4.69, 9.17) is 10.6 Å². The molecule has 3 N–H and O–H groups in total. The molecule has 0 radical (unpaired) electrons. The first-order chi connectivity index (χ1) is 13.8. The van der Waals surface area contributed by atoms with Crippen molar-refractivity contribution in [3.05, 3.63) is 54.1 Å². The summed E-state index contributed by atoms with van der Waals surface area (Å²) >= 11 is 1.27. The van der Waals surface area contributed by atoms with E-state index in [2.05, 4.69) is 48.5 Å². The van der Waals surface area contributed by atoms with Crippen LogP contribution < -0.4 is 16.0 Å². The Morgan fingerprint density at radius 1 is 1.10 bits per heavy atom. The van der Waals surface area contributed by atoms with Gasteiger partial charge in [-0.05, 0) is 35.2 Å². The average molecular weight is 412 g/mol. The zero-order valence-corrected chi connectivity index (χ0v) is 17.8. The highest BCUT2D eigenvalue weighted by Gasteiger charge is 2.19. The van der Waals surface area contributed by atoms with E-state index in [1.54, 1.807) is 7.11 Å². The van der Waals surface area contributed by atoms with Crippen molar-refractivity contribution in [1.82, 2.24) is 20.2 Å². The average Bonchev–Trinajstić information content (AvgIpc) is 3.15. The Hall–Kier alpha value is -2.84. The molecule has 0 atom stereocenters. The third-order valence-corrected chi connectivity index (χ3v) is 5.40. The summed E-state index contributed by atoms with van der Waals surface area (Å²) in [4.78, 5) is 11.6. The lowest BCUT2D eigenvalue weighted by Gasteiger charge is -2.19. The van der Waals surface area contributed by atoms with Crippen LogP contribution in [0.1, 0.15) is 26.3 Å². The molecule has 8 heteroatoms. The van der Waals surface area contributed by atoms with Crippen molar-refractivity contribution in [3.8, 4) is 22.8 Å². The number of hydrazine groups is 1. The smallest absolute Gasteiger partial charge is 0.244 e. The monoisotopic (exact) mass is 411 g/mol. The van der Waals surface area contributed by atoms with Gasteiger partial charge in [-0.3, -0.25) is 14.8 Å². The highest BCUT2D eigenvalue weighted by molar-refractivity contribution is 7.99. The summed E-state index contributed by atoms with van der Waals surface area (Å²) in [7, 11) is 1.63. The van der Waals surface area contributed by atoms with Crippen molar-refractivity contribution in [3.63, 3.8) is 0 Å². The van der Waals surface area contributed by atoms with Crippen molar-refractivity contribution in [2.45, 2.75) is 31.3 Å². The van der Waals surface area contributed by atoms with Gasteiger partial charge in [0.15, 0.2) is 11.0 Å². The van der Waals surface area contributed by atoms with Crippen molar-refractivity contribution in [1.29, 1.82) is 0 Å². The number of carbonyl (C=O) groups is 1. The van der Waals surface area contributed by atoms with Crippen LogP contribution in [0.15, 0.2) is 53.7 Å². The van der Waals surface area contributed by atoms with Crippen LogP contribution in [0, 0.1) is 0 Å². The van der Waals surface area contributed by atoms with Crippen LogP contribution in [0.4, 0.5) is 0 Å². The second kappa shape index (κ2) is 8.67. The Balaban J connectivity index is 2.04. The molecule has 29 heavy (non-hydrogen) atoms. The fourth-order valence-corrected chi connectivity index (χ4v) is 3.57. The van der Waals surface area contributed by atoms with E-state index >= 15 is 0 Å². The molecular weight excluding hydrogens is 386 g/mol. The van der Waals surface area contributed by atoms with Gasteiger partial charge < -0.3 is 4.74 Å². The number of ether oxygens (including phenoxy) is 1. The number of amides is 1. The lowest BCUT2D eigenvalue weighted by atomic mass is 9.87. The number of carbonyl (C=O) groups excluding carboxylic acids is 1. The van der Waals surface area contributed by atoms with Gasteiger partial charge in [0.1, 0.15) is 5.75 Å². The van der Waals surface area contributed by atoms with E-state index in [0.717, 1.165) is 17.0 Å². The third kappa shape index (κ3) is 4.78. The molecule has 0 saturated carbocycles. The molecule has 1 aromatic heterocycles. The van der Waals surface area contributed by atoms with Gasteiger partial charge in [0.25, 0.3) is 0 Å². The molecule has 0 aliphatic rings. The number of aromatic nitrogens is 3. The number of nitrogens with one attached hydrogen (secondary N) is 1. The second-order valence-electron chi connectivity index (χ2n) is 7.52. The Kier molecular flexibility index (Phi) is 6.24. The normalized spacial score (nSPS) is 11.3. The molecular formula is C21H25N5O2S. The molecule has 1 heterocycles. The number of nitrogens with zero attached hydrogens (tertiary/aromatic N) is 3.